The lowest BCUT2D eigenvalue weighted by Gasteiger charge is -2.10. The number of rotatable bonds is 6. The molecule has 5 heteroatoms. The molecule has 0 atom stereocenters. The maximum absolute atomic E-state index is 12.3. The summed E-state index contributed by atoms with van der Waals surface area (Å²) in [6, 6.07) is 14.7. The van der Waals surface area contributed by atoms with Crippen molar-refractivity contribution in [2.24, 2.45) is 7.05 Å². The quantitative estimate of drug-likeness (QED) is 0.392. The molecule has 3 aromatic rings. The van der Waals surface area contributed by atoms with Crippen LogP contribution < -0.4 is 4.74 Å². The van der Waals surface area contributed by atoms with Crippen molar-refractivity contribution in [2.45, 2.75) is 6.92 Å². The molecule has 3 rings (SSSR count). The van der Waals surface area contributed by atoms with Crippen molar-refractivity contribution in [3.05, 3.63) is 65.9 Å². The van der Waals surface area contributed by atoms with Crippen molar-refractivity contribution >= 4 is 22.7 Å². The van der Waals surface area contributed by atoms with Gasteiger partial charge in [-0.05, 0) is 25.1 Å². The van der Waals surface area contributed by atoms with E-state index in [9.17, 15) is 9.59 Å². The fraction of sp³-hybridized carbons (Fsp3) is 0.200. The first-order valence-corrected chi connectivity index (χ1v) is 8.02. The second-order valence-corrected chi connectivity index (χ2v) is 5.71. The predicted molar refractivity (Wildman–Crippen MR) is 95.1 cm³/mol. The van der Waals surface area contributed by atoms with Crippen molar-refractivity contribution in [3.63, 3.8) is 0 Å². The molecule has 0 aliphatic carbocycles. The molecule has 1 aromatic heterocycles. The molecule has 25 heavy (non-hydrogen) atoms. The molecule has 0 spiro atoms. The fourth-order valence-electron chi connectivity index (χ4n) is 2.75. The summed E-state index contributed by atoms with van der Waals surface area (Å²) in [6.45, 7) is 1.78. The van der Waals surface area contributed by atoms with Crippen LogP contribution in [0.15, 0.2) is 54.7 Å². The van der Waals surface area contributed by atoms with Crippen LogP contribution in [-0.4, -0.2) is 29.5 Å². The van der Waals surface area contributed by atoms with Crippen LogP contribution in [0.3, 0.4) is 0 Å². The second-order valence-electron chi connectivity index (χ2n) is 5.71. The van der Waals surface area contributed by atoms with E-state index >= 15 is 0 Å². The Morgan fingerprint density at radius 1 is 0.960 bits per heavy atom. The molecule has 0 fully saturated rings. The smallest absolute Gasteiger partial charge is 0.340 e. The molecule has 0 unspecified atom stereocenters. The molecule has 5 nitrogen and oxygen atoms in total. The van der Waals surface area contributed by atoms with Crippen molar-refractivity contribution in [1.29, 1.82) is 0 Å². The summed E-state index contributed by atoms with van der Waals surface area (Å²) in [5.41, 5.74) is 2.02. The van der Waals surface area contributed by atoms with Crippen LogP contribution in [0.1, 0.15) is 27.6 Å². The van der Waals surface area contributed by atoms with Gasteiger partial charge in [0.05, 0.1) is 11.1 Å². The van der Waals surface area contributed by atoms with E-state index in [1.807, 2.05) is 35.9 Å². The molecule has 128 valence electrons. The van der Waals surface area contributed by atoms with Gasteiger partial charge >= 0.3 is 5.97 Å². The Balaban J connectivity index is 1.61. The molecule has 0 radical (unpaired) electrons. The van der Waals surface area contributed by atoms with Gasteiger partial charge in [0.2, 0.25) is 0 Å². The fourth-order valence-corrected chi connectivity index (χ4v) is 2.75. The molecular weight excluding hydrogens is 318 g/mol. The average Bonchev–Trinajstić information content (AvgIpc) is 2.96. The number of Topliss-reactive ketones (excluding diaryl/α,β-unsaturated/α-hetero) is 1. The van der Waals surface area contributed by atoms with Gasteiger partial charge in [0.25, 0.3) is 0 Å². The van der Waals surface area contributed by atoms with Gasteiger partial charge in [-0.1, -0.05) is 30.3 Å². The lowest BCUT2D eigenvalue weighted by molar-refractivity contribution is 0.0451. The normalized spacial score (nSPS) is 10.6. The van der Waals surface area contributed by atoms with Crippen LogP contribution in [0.4, 0.5) is 0 Å². The number of fused-ring (bicyclic) bond motifs is 1. The molecule has 1 heterocycles. The van der Waals surface area contributed by atoms with E-state index in [2.05, 4.69) is 0 Å². The van der Waals surface area contributed by atoms with Crippen LogP contribution in [0.5, 0.6) is 5.75 Å². The van der Waals surface area contributed by atoms with Gasteiger partial charge in [0.15, 0.2) is 5.78 Å². The number of hydrogen-bond donors (Lipinski definition) is 0. The summed E-state index contributed by atoms with van der Waals surface area (Å²) in [5.74, 6) is 0.0415. The largest absolute Gasteiger partial charge is 0.489 e. The Labute approximate surface area is 145 Å². The third kappa shape index (κ3) is 3.55. The molecule has 0 aliphatic rings. The maximum Gasteiger partial charge on any atom is 0.340 e. The standard InChI is InChI=1S/C20H19NO4/c1-14(22)15-7-4-6-10-19(15)24-11-12-25-20(23)17-13-21(2)18-9-5-3-8-16(17)18/h3-10,13H,11-12H2,1-2H3. The lowest BCUT2D eigenvalue weighted by atomic mass is 10.1. The highest BCUT2D eigenvalue weighted by Gasteiger charge is 2.15. The van der Waals surface area contributed by atoms with E-state index in [0.29, 0.717) is 16.9 Å². The number of aromatic nitrogens is 1. The molecule has 0 aliphatic heterocycles. The zero-order valence-electron chi connectivity index (χ0n) is 14.2. The van der Waals surface area contributed by atoms with Crippen LogP contribution >= 0.6 is 0 Å². The van der Waals surface area contributed by atoms with Crippen molar-refractivity contribution in [2.75, 3.05) is 13.2 Å². The zero-order valence-corrected chi connectivity index (χ0v) is 14.2. The Kier molecular flexibility index (Phi) is 4.84. The highest BCUT2D eigenvalue weighted by molar-refractivity contribution is 6.04. The zero-order chi connectivity index (χ0) is 17.8. The van der Waals surface area contributed by atoms with E-state index in [-0.39, 0.29) is 25.0 Å². The first-order valence-electron chi connectivity index (χ1n) is 8.02. The number of para-hydroxylation sites is 2. The minimum atomic E-state index is -0.389. The minimum absolute atomic E-state index is 0.0663. The van der Waals surface area contributed by atoms with E-state index in [0.717, 1.165) is 10.9 Å². The lowest BCUT2D eigenvalue weighted by Crippen LogP contribution is -2.13. The van der Waals surface area contributed by atoms with Crippen LogP contribution in [0.25, 0.3) is 10.9 Å². The number of esters is 1. The third-order valence-electron chi connectivity index (χ3n) is 3.96. The number of carbonyl (C=O) groups excluding carboxylic acids is 2. The van der Waals surface area contributed by atoms with E-state index in [1.165, 1.54) is 6.92 Å². The van der Waals surface area contributed by atoms with Crippen molar-refractivity contribution in [3.8, 4) is 5.75 Å². The summed E-state index contributed by atoms with van der Waals surface area (Å²) < 4.78 is 12.8. The summed E-state index contributed by atoms with van der Waals surface area (Å²) in [4.78, 5) is 23.9. The molecule has 0 N–H and O–H groups in total. The predicted octanol–water partition coefficient (Wildman–Crippen LogP) is 3.62. The number of ether oxygens (including phenoxy) is 2. The summed E-state index contributed by atoms with van der Waals surface area (Å²) in [6.07, 6.45) is 1.76. The average molecular weight is 337 g/mol. The van der Waals surface area contributed by atoms with Crippen molar-refractivity contribution in [1.82, 2.24) is 4.57 Å². The highest BCUT2D eigenvalue weighted by Crippen LogP contribution is 2.21. The minimum Gasteiger partial charge on any atom is -0.489 e. The molecule has 0 amide bonds. The molecular formula is C20H19NO4. The van der Waals surface area contributed by atoms with Gasteiger partial charge in [-0.2, -0.15) is 0 Å². The number of nitrogens with zero attached hydrogens (tertiary/aromatic N) is 1. The second kappa shape index (κ2) is 7.21. The number of aryl methyl sites for hydroxylation is 1. The first kappa shape index (κ1) is 16.8. The van der Waals surface area contributed by atoms with Gasteiger partial charge < -0.3 is 14.0 Å². The number of benzene rings is 2. The van der Waals surface area contributed by atoms with E-state index in [4.69, 9.17) is 9.47 Å². The number of hydrogen-bond acceptors (Lipinski definition) is 4. The van der Waals surface area contributed by atoms with Crippen LogP contribution in [-0.2, 0) is 11.8 Å². The molecule has 0 saturated carbocycles. The Morgan fingerprint density at radius 3 is 2.48 bits per heavy atom. The van der Waals surface area contributed by atoms with Crippen LogP contribution in [0, 0.1) is 0 Å². The summed E-state index contributed by atoms with van der Waals surface area (Å²) in [5, 5.41) is 0.859. The molecule has 0 saturated heterocycles. The number of ketones is 1. The van der Waals surface area contributed by atoms with E-state index < -0.39 is 0 Å². The third-order valence-corrected chi connectivity index (χ3v) is 3.96. The van der Waals surface area contributed by atoms with Gasteiger partial charge in [0.1, 0.15) is 19.0 Å². The van der Waals surface area contributed by atoms with Gasteiger partial charge in [-0.25, -0.2) is 4.79 Å². The van der Waals surface area contributed by atoms with E-state index in [1.54, 1.807) is 30.5 Å². The van der Waals surface area contributed by atoms with Gasteiger partial charge in [-0.15, -0.1) is 0 Å². The molecule has 2 aromatic carbocycles. The molecule has 0 bridgehead atoms. The van der Waals surface area contributed by atoms with Gasteiger partial charge in [-0.3, -0.25) is 4.79 Å². The topological polar surface area (TPSA) is 57.5 Å². The first-order chi connectivity index (χ1) is 12.1. The number of carbonyl (C=O) groups is 2. The van der Waals surface area contributed by atoms with Crippen LogP contribution in [0.2, 0.25) is 0 Å². The van der Waals surface area contributed by atoms with Crippen molar-refractivity contribution < 1.29 is 19.1 Å². The summed E-state index contributed by atoms with van der Waals surface area (Å²) >= 11 is 0. The Morgan fingerprint density at radius 2 is 1.68 bits per heavy atom. The SMILES string of the molecule is CC(=O)c1ccccc1OCCOC(=O)c1cn(C)c2ccccc12. The highest BCUT2D eigenvalue weighted by atomic mass is 16.6. The Bertz CT molecular complexity index is 926. The monoisotopic (exact) mass is 337 g/mol. The Hall–Kier alpha value is -3.08. The summed E-state index contributed by atoms with van der Waals surface area (Å²) in [7, 11) is 1.89. The van der Waals surface area contributed by atoms with Gasteiger partial charge in [0, 0.05) is 24.1 Å². The maximum atomic E-state index is 12.3.